The Labute approximate surface area is 141 Å². The van der Waals surface area contributed by atoms with Crippen LogP contribution in [0, 0.1) is 17.3 Å². The molecule has 3 aliphatic rings. The molecule has 7 nitrogen and oxygen atoms in total. The molecule has 2 heterocycles. The van der Waals surface area contributed by atoms with Gasteiger partial charge in [-0.05, 0) is 29.5 Å². The van der Waals surface area contributed by atoms with Gasteiger partial charge in [-0.25, -0.2) is 0 Å². The normalized spacial score (nSPS) is 35.1. The summed E-state index contributed by atoms with van der Waals surface area (Å²) in [7, 11) is 1.73. The van der Waals surface area contributed by atoms with E-state index in [1.54, 1.807) is 7.05 Å². The summed E-state index contributed by atoms with van der Waals surface area (Å²) in [6, 6.07) is 0. The first-order valence-electron chi connectivity index (χ1n) is 8.69. The van der Waals surface area contributed by atoms with Crippen LogP contribution in [0.2, 0.25) is 0 Å². The number of rotatable bonds is 2. The zero-order valence-electron chi connectivity index (χ0n) is 14.5. The first-order valence-corrected chi connectivity index (χ1v) is 8.69. The van der Waals surface area contributed by atoms with E-state index in [4.69, 9.17) is 9.47 Å². The number of fused-ring (bicyclic) bond motifs is 1. The average Bonchev–Trinajstić information content (AvgIpc) is 3.19. The van der Waals surface area contributed by atoms with Crippen LogP contribution in [0.25, 0.3) is 0 Å². The largest absolute Gasteiger partial charge is 0.347 e. The molecule has 4 rings (SSSR count). The van der Waals surface area contributed by atoms with Gasteiger partial charge >= 0.3 is 0 Å². The third-order valence-electron chi connectivity index (χ3n) is 6.21. The molecule has 0 bridgehead atoms. The number of aryl methyl sites for hydroxylation is 1. The number of aromatic nitrogens is 4. The lowest BCUT2D eigenvalue weighted by molar-refractivity contribution is -0.239. The van der Waals surface area contributed by atoms with E-state index >= 15 is 0 Å². The quantitative estimate of drug-likeness (QED) is 0.815. The molecular weight excluding hydrogens is 308 g/mol. The van der Waals surface area contributed by atoms with Gasteiger partial charge in [-0.15, -0.1) is 10.2 Å². The fourth-order valence-corrected chi connectivity index (χ4v) is 4.77. The van der Waals surface area contributed by atoms with Crippen molar-refractivity contribution in [2.75, 3.05) is 13.2 Å². The maximum atomic E-state index is 13.2. The fraction of sp³-hybridized carbons (Fsp3) is 0.765. The van der Waals surface area contributed by atoms with Gasteiger partial charge in [0, 0.05) is 24.2 Å². The van der Waals surface area contributed by atoms with Gasteiger partial charge in [0.25, 0.3) is 0 Å². The van der Waals surface area contributed by atoms with Crippen LogP contribution in [0.4, 0.5) is 0 Å². The number of tetrazole rings is 1. The van der Waals surface area contributed by atoms with Crippen molar-refractivity contribution in [2.24, 2.45) is 24.3 Å². The van der Waals surface area contributed by atoms with E-state index in [9.17, 15) is 4.79 Å². The van der Waals surface area contributed by atoms with Gasteiger partial charge in [-0.3, -0.25) is 4.79 Å². The summed E-state index contributed by atoms with van der Waals surface area (Å²) in [6.45, 7) is 5.58. The van der Waals surface area contributed by atoms with Gasteiger partial charge in [0.15, 0.2) is 17.4 Å². The van der Waals surface area contributed by atoms with Crippen LogP contribution in [0.3, 0.4) is 0 Å². The van der Waals surface area contributed by atoms with Gasteiger partial charge in [0.1, 0.15) is 0 Å². The zero-order chi connectivity index (χ0) is 16.9. The first-order chi connectivity index (χ1) is 11.4. The number of ketones is 1. The van der Waals surface area contributed by atoms with Crippen LogP contribution in [0.15, 0.2) is 11.6 Å². The zero-order valence-corrected chi connectivity index (χ0v) is 14.5. The summed E-state index contributed by atoms with van der Waals surface area (Å²) in [4.78, 5) is 14.6. The minimum absolute atomic E-state index is 0.204. The topological polar surface area (TPSA) is 79.1 Å². The van der Waals surface area contributed by atoms with E-state index in [2.05, 4.69) is 35.3 Å². The van der Waals surface area contributed by atoms with Crippen molar-refractivity contribution < 1.29 is 14.3 Å². The van der Waals surface area contributed by atoms with Crippen LogP contribution in [-0.2, 0) is 27.7 Å². The highest BCUT2D eigenvalue weighted by Crippen LogP contribution is 2.56. The van der Waals surface area contributed by atoms with Crippen molar-refractivity contribution in [1.29, 1.82) is 0 Å². The first kappa shape index (κ1) is 15.9. The molecule has 1 aromatic heterocycles. The summed E-state index contributed by atoms with van der Waals surface area (Å²) in [5.74, 6) is 0.792. The van der Waals surface area contributed by atoms with Crippen molar-refractivity contribution in [2.45, 2.75) is 45.3 Å². The number of carbonyl (C=O) groups excluding carboxylic acids is 1. The molecule has 130 valence electrons. The Balaban J connectivity index is 1.60. The third kappa shape index (κ3) is 2.25. The summed E-state index contributed by atoms with van der Waals surface area (Å²) in [6.07, 6.45) is 4.97. The number of ether oxygens (including phenoxy) is 2. The Morgan fingerprint density at radius 2 is 2.08 bits per heavy atom. The second-order valence-electron chi connectivity index (χ2n) is 7.49. The van der Waals surface area contributed by atoms with E-state index in [0.717, 1.165) is 24.8 Å². The van der Waals surface area contributed by atoms with Crippen LogP contribution >= 0.6 is 0 Å². The predicted molar refractivity (Wildman–Crippen MR) is 84.8 cm³/mol. The SMILES string of the molecule is C[C@H]1[C@@H]2CC=C(Cc3nnn(C)n3)C(=O)[C@@]2(C)CCC12OCCO2. The van der Waals surface area contributed by atoms with Crippen molar-refractivity contribution in [3.05, 3.63) is 17.5 Å². The Morgan fingerprint density at radius 3 is 2.75 bits per heavy atom. The molecule has 1 spiro atoms. The fourth-order valence-electron chi connectivity index (χ4n) is 4.77. The van der Waals surface area contributed by atoms with Crippen molar-refractivity contribution >= 4 is 5.78 Å². The molecule has 0 amide bonds. The lowest BCUT2D eigenvalue weighted by Gasteiger charge is -2.52. The molecule has 0 radical (unpaired) electrons. The number of carbonyl (C=O) groups is 1. The van der Waals surface area contributed by atoms with Crippen molar-refractivity contribution in [3.8, 4) is 0 Å². The lowest BCUT2D eigenvalue weighted by atomic mass is 9.55. The van der Waals surface area contributed by atoms with E-state index in [1.807, 2.05) is 0 Å². The highest BCUT2D eigenvalue weighted by atomic mass is 16.7. The molecule has 24 heavy (non-hydrogen) atoms. The highest BCUT2D eigenvalue weighted by molar-refractivity contribution is 6.01. The molecule has 2 fully saturated rings. The molecule has 0 aromatic carbocycles. The van der Waals surface area contributed by atoms with Crippen molar-refractivity contribution in [1.82, 2.24) is 20.2 Å². The monoisotopic (exact) mass is 332 g/mol. The Hall–Kier alpha value is -1.60. The Bertz CT molecular complexity index is 692. The second kappa shape index (κ2) is 5.46. The molecular formula is C17H24N4O3. The number of hydrogen-bond acceptors (Lipinski definition) is 6. The molecule has 1 saturated heterocycles. The summed E-state index contributed by atoms with van der Waals surface area (Å²) in [5.41, 5.74) is 0.463. The van der Waals surface area contributed by atoms with E-state index in [1.165, 1.54) is 4.80 Å². The van der Waals surface area contributed by atoms with Gasteiger partial charge in [-0.2, -0.15) is 4.80 Å². The van der Waals surface area contributed by atoms with E-state index in [-0.39, 0.29) is 23.0 Å². The molecule has 3 atom stereocenters. The van der Waals surface area contributed by atoms with E-state index < -0.39 is 5.79 Å². The van der Waals surface area contributed by atoms with Crippen LogP contribution in [-0.4, -0.2) is 45.0 Å². The minimum atomic E-state index is -0.484. The predicted octanol–water partition coefficient (Wildman–Crippen LogP) is 1.45. The Kier molecular flexibility index (Phi) is 3.61. The summed E-state index contributed by atoms with van der Waals surface area (Å²) in [5, 5.41) is 12.1. The number of nitrogens with zero attached hydrogens (tertiary/aromatic N) is 4. The molecule has 7 heteroatoms. The second-order valence-corrected chi connectivity index (χ2v) is 7.49. The standard InChI is InChI=1S/C17H24N4O3/c1-11-13-5-4-12(10-14-18-20-21(3)19-14)15(22)16(13,2)6-7-17(11)23-8-9-24-17/h4,11,13H,5-10H2,1-3H3/t11-,13-,16-/m0/s1. The number of allylic oxidation sites excluding steroid dienone is 2. The molecule has 2 aliphatic carbocycles. The minimum Gasteiger partial charge on any atom is -0.347 e. The van der Waals surface area contributed by atoms with Crippen LogP contribution < -0.4 is 0 Å². The molecule has 1 saturated carbocycles. The molecule has 1 aromatic rings. The highest BCUT2D eigenvalue weighted by Gasteiger charge is 2.58. The number of hydrogen-bond donors (Lipinski definition) is 0. The average molecular weight is 332 g/mol. The van der Waals surface area contributed by atoms with Gasteiger partial charge in [0.05, 0.1) is 20.3 Å². The Morgan fingerprint density at radius 1 is 1.33 bits per heavy atom. The van der Waals surface area contributed by atoms with E-state index in [0.29, 0.717) is 25.5 Å². The molecule has 1 aliphatic heterocycles. The maximum absolute atomic E-state index is 13.2. The van der Waals surface area contributed by atoms with Crippen LogP contribution in [0.1, 0.15) is 38.9 Å². The smallest absolute Gasteiger partial charge is 0.179 e. The van der Waals surface area contributed by atoms with Gasteiger partial charge < -0.3 is 9.47 Å². The molecule has 0 unspecified atom stereocenters. The van der Waals surface area contributed by atoms with Crippen LogP contribution in [0.5, 0.6) is 0 Å². The number of Topliss-reactive ketones (excluding diaryl/α,β-unsaturated/α-hetero) is 1. The third-order valence-corrected chi connectivity index (χ3v) is 6.21. The van der Waals surface area contributed by atoms with Gasteiger partial charge in [0.2, 0.25) is 0 Å². The summed E-state index contributed by atoms with van der Waals surface area (Å²) >= 11 is 0. The summed E-state index contributed by atoms with van der Waals surface area (Å²) < 4.78 is 11.9. The van der Waals surface area contributed by atoms with Gasteiger partial charge in [-0.1, -0.05) is 19.9 Å². The maximum Gasteiger partial charge on any atom is 0.179 e. The molecule has 0 N–H and O–H groups in total. The van der Waals surface area contributed by atoms with Crippen molar-refractivity contribution in [3.63, 3.8) is 0 Å². The lowest BCUT2D eigenvalue weighted by Crippen LogP contribution is -2.55.